The number of anilines is 3. The molecule has 0 spiro atoms. The van der Waals surface area contributed by atoms with Crippen LogP contribution in [0.2, 0.25) is 0 Å². The van der Waals surface area contributed by atoms with Crippen LogP contribution in [0.25, 0.3) is 0 Å². The lowest BCUT2D eigenvalue weighted by Crippen LogP contribution is -2.12. The number of carboxylic acid groups (broad SMARTS) is 1. The summed E-state index contributed by atoms with van der Waals surface area (Å²) >= 11 is 0. The van der Waals surface area contributed by atoms with E-state index < -0.39 is 23.5 Å². The monoisotopic (exact) mass is 412 g/mol. The van der Waals surface area contributed by atoms with Gasteiger partial charge in [-0.05, 0) is 61.0 Å². The molecule has 0 fully saturated rings. The number of carbonyl (C=O) groups is 2. The molecule has 3 aromatic carbocycles. The van der Waals surface area contributed by atoms with Crippen molar-refractivity contribution in [2.24, 2.45) is 0 Å². The molecule has 154 valence electrons. The highest BCUT2D eigenvalue weighted by molar-refractivity contribution is 6.04. The van der Waals surface area contributed by atoms with Crippen LogP contribution in [0.3, 0.4) is 0 Å². The van der Waals surface area contributed by atoms with Gasteiger partial charge in [-0.25, -0.2) is 13.6 Å². The van der Waals surface area contributed by atoms with Gasteiger partial charge in [0, 0.05) is 16.9 Å². The van der Waals surface area contributed by atoms with E-state index in [2.05, 4.69) is 10.6 Å². The van der Waals surface area contributed by atoms with Crippen molar-refractivity contribution in [2.45, 2.75) is 6.92 Å². The fourth-order valence-corrected chi connectivity index (χ4v) is 2.87. The molecule has 0 bridgehead atoms. The Morgan fingerprint density at radius 2 is 1.73 bits per heavy atom. The van der Waals surface area contributed by atoms with Crippen LogP contribution in [-0.2, 0) is 0 Å². The quantitative estimate of drug-likeness (QED) is 0.532. The van der Waals surface area contributed by atoms with Crippen LogP contribution in [0.5, 0.6) is 5.75 Å². The van der Waals surface area contributed by atoms with Crippen molar-refractivity contribution in [1.29, 1.82) is 0 Å². The number of benzene rings is 3. The number of aromatic carboxylic acids is 1. The largest absolute Gasteiger partial charge is 0.495 e. The molecule has 30 heavy (non-hydrogen) atoms. The predicted octanol–water partition coefficient (Wildman–Crippen LogP) is 4.98. The number of carboxylic acids is 1. The van der Waals surface area contributed by atoms with Gasteiger partial charge in [-0.1, -0.05) is 6.07 Å². The Morgan fingerprint density at radius 1 is 0.967 bits per heavy atom. The first-order chi connectivity index (χ1) is 14.3. The molecule has 0 aliphatic rings. The second-order valence-electron chi connectivity index (χ2n) is 6.41. The summed E-state index contributed by atoms with van der Waals surface area (Å²) in [5.74, 6) is -3.36. The molecule has 8 heteroatoms. The van der Waals surface area contributed by atoms with Gasteiger partial charge in [0.2, 0.25) is 0 Å². The molecule has 3 aromatic rings. The number of carbonyl (C=O) groups excluding carboxylic acids is 1. The number of hydrogen-bond acceptors (Lipinski definition) is 4. The summed E-state index contributed by atoms with van der Waals surface area (Å²) in [5.41, 5.74) is 2.05. The molecule has 0 atom stereocenters. The topological polar surface area (TPSA) is 87.7 Å². The van der Waals surface area contributed by atoms with Gasteiger partial charge in [0.25, 0.3) is 5.91 Å². The van der Waals surface area contributed by atoms with Crippen LogP contribution in [0.1, 0.15) is 26.3 Å². The van der Waals surface area contributed by atoms with Gasteiger partial charge in [-0.3, -0.25) is 4.79 Å². The minimum Gasteiger partial charge on any atom is -0.495 e. The lowest BCUT2D eigenvalue weighted by Gasteiger charge is -2.16. The highest BCUT2D eigenvalue weighted by Gasteiger charge is 2.14. The van der Waals surface area contributed by atoms with Crippen molar-refractivity contribution >= 4 is 28.9 Å². The van der Waals surface area contributed by atoms with E-state index in [0.717, 1.165) is 12.1 Å². The van der Waals surface area contributed by atoms with Gasteiger partial charge in [0.1, 0.15) is 5.75 Å². The maximum atomic E-state index is 13.4. The average molecular weight is 412 g/mol. The molecule has 0 aliphatic carbocycles. The zero-order chi connectivity index (χ0) is 21.8. The molecule has 0 heterocycles. The van der Waals surface area contributed by atoms with E-state index >= 15 is 0 Å². The lowest BCUT2D eigenvalue weighted by atomic mass is 10.1. The molecule has 0 aromatic heterocycles. The fraction of sp³-hybridized carbons (Fsp3) is 0.0909. The summed E-state index contributed by atoms with van der Waals surface area (Å²) in [4.78, 5) is 23.7. The van der Waals surface area contributed by atoms with Crippen molar-refractivity contribution < 1.29 is 28.2 Å². The number of amides is 1. The number of halogens is 2. The number of hydrogen-bond donors (Lipinski definition) is 3. The first-order valence-electron chi connectivity index (χ1n) is 8.84. The SMILES string of the molecule is COc1ccc(NC(=O)c2ccc(F)c(F)c2)cc1Nc1cccc(C(=O)O)c1C. The van der Waals surface area contributed by atoms with E-state index in [1.807, 2.05) is 0 Å². The lowest BCUT2D eigenvalue weighted by molar-refractivity contribution is 0.0696. The Hall–Kier alpha value is -3.94. The Balaban J connectivity index is 1.89. The van der Waals surface area contributed by atoms with Gasteiger partial charge in [-0.15, -0.1) is 0 Å². The summed E-state index contributed by atoms with van der Waals surface area (Å²) in [7, 11) is 1.47. The van der Waals surface area contributed by atoms with E-state index in [1.54, 1.807) is 37.3 Å². The third kappa shape index (κ3) is 4.38. The van der Waals surface area contributed by atoms with Crippen LogP contribution in [0, 0.1) is 18.6 Å². The first-order valence-corrected chi connectivity index (χ1v) is 8.84. The van der Waals surface area contributed by atoms with E-state index in [1.165, 1.54) is 19.2 Å². The Labute approximate surface area is 171 Å². The van der Waals surface area contributed by atoms with Gasteiger partial charge >= 0.3 is 5.97 Å². The standard InChI is InChI=1S/C22H18F2N2O4/c1-12-15(22(28)29)4-3-5-18(12)26-19-11-14(7-9-20(19)30-2)25-21(27)13-6-8-16(23)17(24)10-13/h3-11,26H,1-2H3,(H,25,27)(H,28,29). The summed E-state index contributed by atoms with van der Waals surface area (Å²) in [6.45, 7) is 1.67. The second kappa shape index (κ2) is 8.60. The zero-order valence-electron chi connectivity index (χ0n) is 16.1. The molecular weight excluding hydrogens is 394 g/mol. The second-order valence-corrected chi connectivity index (χ2v) is 6.41. The zero-order valence-corrected chi connectivity index (χ0v) is 16.1. The molecule has 0 saturated carbocycles. The summed E-state index contributed by atoms with van der Waals surface area (Å²) in [6.07, 6.45) is 0. The van der Waals surface area contributed by atoms with Gasteiger partial charge in [-0.2, -0.15) is 0 Å². The summed E-state index contributed by atoms with van der Waals surface area (Å²) < 4.78 is 31.8. The van der Waals surface area contributed by atoms with Crippen LogP contribution < -0.4 is 15.4 Å². The number of rotatable bonds is 6. The average Bonchev–Trinajstić information content (AvgIpc) is 2.71. The van der Waals surface area contributed by atoms with Crippen molar-refractivity contribution in [2.75, 3.05) is 17.7 Å². The van der Waals surface area contributed by atoms with Gasteiger partial charge in [0.05, 0.1) is 18.4 Å². The van der Waals surface area contributed by atoms with Gasteiger partial charge < -0.3 is 20.5 Å². The third-order valence-electron chi connectivity index (χ3n) is 4.47. The molecule has 0 saturated heterocycles. The molecule has 3 rings (SSSR count). The molecule has 0 aliphatic heterocycles. The summed E-state index contributed by atoms with van der Waals surface area (Å²) in [6, 6.07) is 12.5. The third-order valence-corrected chi connectivity index (χ3v) is 4.47. The van der Waals surface area contributed by atoms with Crippen molar-refractivity contribution in [3.8, 4) is 5.75 Å². The highest BCUT2D eigenvalue weighted by Crippen LogP contribution is 2.32. The molecular formula is C22H18F2N2O4. The normalized spacial score (nSPS) is 10.4. The minimum absolute atomic E-state index is 0.0377. The summed E-state index contributed by atoms with van der Waals surface area (Å²) in [5, 5.41) is 15.0. The van der Waals surface area contributed by atoms with Crippen molar-refractivity contribution in [3.63, 3.8) is 0 Å². The number of nitrogens with one attached hydrogen (secondary N) is 2. The predicted molar refractivity (Wildman–Crippen MR) is 109 cm³/mol. The number of methoxy groups -OCH3 is 1. The molecule has 0 radical (unpaired) electrons. The van der Waals surface area contributed by atoms with Crippen LogP contribution >= 0.6 is 0 Å². The Kier molecular flexibility index (Phi) is 5.96. The minimum atomic E-state index is -1.12. The maximum Gasteiger partial charge on any atom is 0.336 e. The first kappa shape index (κ1) is 20.8. The van der Waals surface area contributed by atoms with E-state index in [-0.39, 0.29) is 11.1 Å². The van der Waals surface area contributed by atoms with E-state index in [4.69, 9.17) is 4.74 Å². The number of ether oxygens (including phenoxy) is 1. The highest BCUT2D eigenvalue weighted by atomic mass is 19.2. The molecule has 1 amide bonds. The van der Waals surface area contributed by atoms with E-state index in [0.29, 0.717) is 28.4 Å². The van der Waals surface area contributed by atoms with Crippen LogP contribution in [0.15, 0.2) is 54.6 Å². The van der Waals surface area contributed by atoms with Crippen LogP contribution in [0.4, 0.5) is 25.8 Å². The molecule has 0 unspecified atom stereocenters. The Bertz CT molecular complexity index is 1130. The van der Waals surface area contributed by atoms with Crippen molar-refractivity contribution in [1.82, 2.24) is 0 Å². The van der Waals surface area contributed by atoms with E-state index in [9.17, 15) is 23.5 Å². The smallest absolute Gasteiger partial charge is 0.336 e. The maximum absolute atomic E-state index is 13.4. The molecule has 6 nitrogen and oxygen atoms in total. The molecule has 3 N–H and O–H groups in total. The fourth-order valence-electron chi connectivity index (χ4n) is 2.87. The van der Waals surface area contributed by atoms with Gasteiger partial charge in [0.15, 0.2) is 11.6 Å². The van der Waals surface area contributed by atoms with Crippen molar-refractivity contribution in [3.05, 3.63) is 82.9 Å². The Morgan fingerprint density at radius 3 is 2.40 bits per heavy atom. The van der Waals surface area contributed by atoms with Crippen LogP contribution in [-0.4, -0.2) is 24.1 Å².